The normalized spacial score (nSPS) is 15.7. The highest BCUT2D eigenvalue weighted by atomic mass is 16.5. The predicted octanol–water partition coefficient (Wildman–Crippen LogP) is 5.89. The maximum Gasteiger partial charge on any atom is 0.223 e. The Kier molecular flexibility index (Phi) is 27.7. The number of nitrogens with one attached hydrogen (secondary N) is 3. The van der Waals surface area contributed by atoms with Gasteiger partial charge in [-0.15, -0.1) is 0 Å². The third kappa shape index (κ3) is 22.5. The van der Waals surface area contributed by atoms with E-state index in [9.17, 15) is 0 Å². The van der Waals surface area contributed by atoms with Crippen LogP contribution in [0.5, 0.6) is 0 Å². The van der Waals surface area contributed by atoms with E-state index in [4.69, 9.17) is 9.73 Å². The lowest BCUT2D eigenvalue weighted by Gasteiger charge is -2.19. The topological polar surface area (TPSA) is 82.5 Å². The second-order valence-corrected chi connectivity index (χ2v) is 9.43. The van der Waals surface area contributed by atoms with E-state index in [-0.39, 0.29) is 12.1 Å². The monoisotopic (exact) mass is 550 g/mol. The summed E-state index contributed by atoms with van der Waals surface area (Å²) in [5.74, 6) is 1.52. The summed E-state index contributed by atoms with van der Waals surface area (Å²) in [5.41, 5.74) is 0.972. The summed E-state index contributed by atoms with van der Waals surface area (Å²) in [6, 6.07) is 0.659. The Bertz CT molecular complexity index is 718. The minimum atomic E-state index is 0.168. The van der Waals surface area contributed by atoms with Crippen molar-refractivity contribution in [3.8, 4) is 0 Å². The molecule has 228 valence electrons. The molecule has 3 unspecified atom stereocenters. The van der Waals surface area contributed by atoms with Gasteiger partial charge in [-0.1, -0.05) is 53.5 Å². The minimum Gasteiger partial charge on any atom is -0.491 e. The molecule has 8 heteroatoms. The fourth-order valence-corrected chi connectivity index (χ4v) is 3.29. The Hall–Kier alpha value is -2.00. The molecule has 3 N–H and O–H groups in total. The Morgan fingerprint density at radius 3 is 2.38 bits per heavy atom. The van der Waals surface area contributed by atoms with Crippen LogP contribution in [0.2, 0.25) is 0 Å². The number of rotatable bonds is 16. The number of hydrogen-bond donors (Lipinski definition) is 3. The smallest absolute Gasteiger partial charge is 0.223 e. The molecule has 0 saturated heterocycles. The summed E-state index contributed by atoms with van der Waals surface area (Å²) >= 11 is 0. The van der Waals surface area contributed by atoms with Crippen molar-refractivity contribution in [2.45, 2.75) is 105 Å². The second kappa shape index (κ2) is 27.6. The second-order valence-electron chi connectivity index (χ2n) is 9.43. The first kappa shape index (κ1) is 39.1. The van der Waals surface area contributed by atoms with E-state index in [2.05, 4.69) is 84.4 Å². The number of guanidine groups is 1. The summed E-state index contributed by atoms with van der Waals surface area (Å²) in [7, 11) is 7.31. The van der Waals surface area contributed by atoms with Gasteiger partial charge < -0.3 is 25.0 Å². The number of nitrogens with zero attached hydrogens (tertiary/aromatic N) is 3. The number of hydrogen-bond acceptors (Lipinski definition) is 6. The van der Waals surface area contributed by atoms with Crippen LogP contribution in [-0.2, 0) is 9.47 Å². The number of methoxy groups -OCH3 is 1. The van der Waals surface area contributed by atoms with Gasteiger partial charge in [-0.3, -0.25) is 5.32 Å². The lowest BCUT2D eigenvalue weighted by Crippen LogP contribution is -2.31. The highest BCUT2D eigenvalue weighted by molar-refractivity contribution is 5.90. The number of allylic oxidation sites excluding steroid dienone is 4. The van der Waals surface area contributed by atoms with Gasteiger partial charge in [0.05, 0.1) is 12.8 Å². The fraction of sp³-hybridized carbons (Fsp3) is 0.742. The molecule has 0 fully saturated rings. The highest BCUT2D eigenvalue weighted by Crippen LogP contribution is 2.14. The third-order valence-electron chi connectivity index (χ3n) is 6.02. The Morgan fingerprint density at radius 2 is 1.79 bits per heavy atom. The largest absolute Gasteiger partial charge is 0.491 e. The van der Waals surface area contributed by atoms with E-state index in [1.807, 2.05) is 39.3 Å². The molecular weight excluding hydrogens is 488 g/mol. The zero-order chi connectivity index (χ0) is 29.9. The first-order valence-electron chi connectivity index (χ1n) is 14.9. The maximum absolute atomic E-state index is 6.16. The van der Waals surface area contributed by atoms with Crippen molar-refractivity contribution < 1.29 is 9.47 Å². The van der Waals surface area contributed by atoms with Crippen molar-refractivity contribution in [2.75, 3.05) is 48.1 Å². The zero-order valence-electron chi connectivity index (χ0n) is 27.1. The molecule has 0 radical (unpaired) electrons. The third-order valence-corrected chi connectivity index (χ3v) is 6.02. The molecule has 1 aliphatic carbocycles. The molecular formula is C31H62N6O2. The number of ether oxygens (including phenoxy) is 2. The van der Waals surface area contributed by atoms with Crippen LogP contribution in [0.1, 0.15) is 87.0 Å². The van der Waals surface area contributed by atoms with Gasteiger partial charge in [0, 0.05) is 44.8 Å². The first-order chi connectivity index (χ1) is 18.8. The summed E-state index contributed by atoms with van der Waals surface area (Å²) in [5, 5.41) is 10.1. The minimum absolute atomic E-state index is 0.168. The van der Waals surface area contributed by atoms with Crippen LogP contribution in [0.25, 0.3) is 0 Å². The van der Waals surface area contributed by atoms with Crippen LogP contribution in [0, 0.1) is 0 Å². The van der Waals surface area contributed by atoms with Gasteiger partial charge in [0.1, 0.15) is 5.76 Å². The predicted molar refractivity (Wildman–Crippen MR) is 172 cm³/mol. The SMILES string of the molecule is CC.CCCCC(CC)NC/N=C(\N=C/C(C)NC)NC1=CCC=C(OC(C)CCN(C)CC)C=C1.COC. The summed E-state index contributed by atoms with van der Waals surface area (Å²) in [6.07, 6.45) is 16.9. The van der Waals surface area contributed by atoms with E-state index in [1.54, 1.807) is 14.2 Å². The van der Waals surface area contributed by atoms with Gasteiger partial charge in [0.2, 0.25) is 5.96 Å². The molecule has 1 rings (SSSR count). The molecule has 3 atom stereocenters. The molecule has 39 heavy (non-hydrogen) atoms. The molecule has 8 nitrogen and oxygen atoms in total. The van der Waals surface area contributed by atoms with Crippen molar-refractivity contribution in [1.82, 2.24) is 20.9 Å². The van der Waals surface area contributed by atoms with Crippen LogP contribution in [-0.4, -0.2) is 83.3 Å². The van der Waals surface area contributed by atoms with E-state index in [1.165, 1.54) is 19.3 Å². The molecule has 0 aromatic rings. The molecule has 0 saturated carbocycles. The summed E-state index contributed by atoms with van der Waals surface area (Å²) in [4.78, 5) is 11.6. The van der Waals surface area contributed by atoms with Crippen molar-refractivity contribution in [1.29, 1.82) is 0 Å². The lowest BCUT2D eigenvalue weighted by atomic mass is 10.1. The van der Waals surface area contributed by atoms with E-state index in [0.717, 1.165) is 43.8 Å². The standard InChI is InChI=1S/C27H50N6O.C2H6O.C2H6/c1-8-11-13-24(9-2)30-21-31-27(29-20-22(4)28-6)32-25-14-12-15-26(17-16-25)34-23(5)18-19-33(7)10-3;1-3-2;1-2/h14-17,20,22-24,28,30H,8-13,18-19,21H2,1-7H3,(H,31,32);1-2H3;1-2H3/b29-20-;;. The van der Waals surface area contributed by atoms with Gasteiger partial charge in [-0.2, -0.15) is 0 Å². The molecule has 0 aromatic carbocycles. The quantitative estimate of drug-likeness (QED) is 0.164. The van der Waals surface area contributed by atoms with Crippen LogP contribution in [0.4, 0.5) is 0 Å². The van der Waals surface area contributed by atoms with Crippen molar-refractivity contribution >= 4 is 12.2 Å². The molecule has 0 spiro atoms. The molecule has 0 aromatic heterocycles. The maximum atomic E-state index is 6.16. The van der Waals surface area contributed by atoms with Crippen LogP contribution in [0.3, 0.4) is 0 Å². The molecule has 0 aliphatic heterocycles. The van der Waals surface area contributed by atoms with Crippen LogP contribution in [0.15, 0.2) is 45.7 Å². The lowest BCUT2D eigenvalue weighted by molar-refractivity contribution is 0.121. The molecule has 0 bridgehead atoms. The molecule has 1 aliphatic rings. The van der Waals surface area contributed by atoms with Crippen molar-refractivity contribution in [3.05, 3.63) is 35.8 Å². The fourth-order valence-electron chi connectivity index (χ4n) is 3.29. The van der Waals surface area contributed by atoms with Gasteiger partial charge in [-0.05, 0) is 78.4 Å². The average Bonchev–Trinajstić information content (AvgIpc) is 3.17. The van der Waals surface area contributed by atoms with E-state index >= 15 is 0 Å². The van der Waals surface area contributed by atoms with Crippen LogP contribution < -0.4 is 16.0 Å². The average molecular weight is 551 g/mol. The highest BCUT2D eigenvalue weighted by Gasteiger charge is 2.09. The van der Waals surface area contributed by atoms with Crippen molar-refractivity contribution in [3.63, 3.8) is 0 Å². The van der Waals surface area contributed by atoms with Gasteiger partial charge in [-0.25, -0.2) is 9.98 Å². The van der Waals surface area contributed by atoms with Gasteiger partial charge in [0.25, 0.3) is 0 Å². The summed E-state index contributed by atoms with van der Waals surface area (Å²) < 4.78 is 10.4. The first-order valence-corrected chi connectivity index (χ1v) is 14.9. The molecule has 0 amide bonds. The molecule has 0 heterocycles. The van der Waals surface area contributed by atoms with E-state index < -0.39 is 0 Å². The summed E-state index contributed by atoms with van der Waals surface area (Å²) in [6.45, 7) is 17.5. The van der Waals surface area contributed by atoms with Gasteiger partial charge >= 0.3 is 0 Å². The van der Waals surface area contributed by atoms with Crippen molar-refractivity contribution in [2.24, 2.45) is 9.98 Å². The number of aliphatic imine (C=N–C) groups is 2. The van der Waals surface area contributed by atoms with E-state index in [0.29, 0.717) is 18.7 Å². The van der Waals surface area contributed by atoms with Crippen LogP contribution >= 0.6 is 0 Å². The Balaban J connectivity index is 0. The number of unbranched alkanes of at least 4 members (excludes halogenated alkanes) is 1. The van der Waals surface area contributed by atoms with Gasteiger partial charge in [0.15, 0.2) is 0 Å². The Morgan fingerprint density at radius 1 is 1.10 bits per heavy atom. The Labute approximate surface area is 241 Å². The zero-order valence-corrected chi connectivity index (χ0v) is 27.1.